The second-order valence-electron chi connectivity index (χ2n) is 6.30. The van der Waals surface area contributed by atoms with E-state index in [0.717, 1.165) is 22.3 Å². The molecule has 0 saturated carbocycles. The number of aromatic nitrogens is 5. The van der Waals surface area contributed by atoms with Crippen LogP contribution < -0.4 is 0 Å². The van der Waals surface area contributed by atoms with E-state index >= 15 is 0 Å². The van der Waals surface area contributed by atoms with Crippen LogP contribution in [0.3, 0.4) is 0 Å². The van der Waals surface area contributed by atoms with Gasteiger partial charge in [0.15, 0.2) is 0 Å². The number of fused-ring (bicyclic) bond motifs is 1. The average Bonchev–Trinajstić information content (AvgIpc) is 3.17. The molecule has 1 atom stereocenters. The normalized spacial score (nSPS) is 19.2. The van der Waals surface area contributed by atoms with E-state index in [0.29, 0.717) is 13.1 Å². The first kappa shape index (κ1) is 15.7. The molecule has 9 nitrogen and oxygen atoms in total. The maximum absolute atomic E-state index is 11.9. The number of hydrogen-bond donors (Lipinski definition) is 2. The third-order valence-corrected chi connectivity index (χ3v) is 5.78. The lowest BCUT2D eigenvalue weighted by Gasteiger charge is -2.48. The summed E-state index contributed by atoms with van der Waals surface area (Å²) < 4.78 is 22.9. The van der Waals surface area contributed by atoms with Gasteiger partial charge in [0.05, 0.1) is 24.4 Å². The van der Waals surface area contributed by atoms with Crippen LogP contribution in [0.5, 0.6) is 0 Å². The lowest BCUT2D eigenvalue weighted by Crippen LogP contribution is -2.63. The molecule has 10 heteroatoms. The van der Waals surface area contributed by atoms with E-state index in [4.69, 9.17) is 4.78 Å². The van der Waals surface area contributed by atoms with Crippen molar-refractivity contribution in [1.82, 2.24) is 29.0 Å². The Kier molecular flexibility index (Phi) is 3.38. The van der Waals surface area contributed by atoms with E-state index < -0.39 is 15.5 Å². The highest BCUT2D eigenvalue weighted by Gasteiger charge is 2.48. The third kappa shape index (κ3) is 2.48. The molecule has 0 radical (unpaired) electrons. The number of hydrogen-bond acceptors (Lipinski definition) is 6. The maximum atomic E-state index is 11.9. The second-order valence-corrected chi connectivity index (χ2v) is 8.42. The highest BCUT2D eigenvalue weighted by atomic mass is 32.2. The highest BCUT2D eigenvalue weighted by molar-refractivity contribution is 7.89. The van der Waals surface area contributed by atoms with Gasteiger partial charge in [-0.25, -0.2) is 23.3 Å². The summed E-state index contributed by atoms with van der Waals surface area (Å²) in [6.07, 6.45) is 8.49. The molecule has 1 aliphatic rings. The van der Waals surface area contributed by atoms with Gasteiger partial charge in [0.1, 0.15) is 27.4 Å². The van der Waals surface area contributed by atoms with Crippen LogP contribution in [0.2, 0.25) is 0 Å². The first-order chi connectivity index (χ1) is 11.9. The zero-order valence-electron chi connectivity index (χ0n) is 13.5. The van der Waals surface area contributed by atoms with Crippen LogP contribution in [-0.4, -0.2) is 52.6 Å². The Labute approximate surface area is 144 Å². The molecule has 3 aromatic heterocycles. The Morgan fingerprint density at radius 1 is 1.48 bits per heavy atom. The minimum Gasteiger partial charge on any atom is -0.346 e. The van der Waals surface area contributed by atoms with Gasteiger partial charge in [-0.05, 0) is 6.07 Å². The summed E-state index contributed by atoms with van der Waals surface area (Å²) in [5.41, 5.74) is 1.78. The topological polar surface area (TPSA) is 127 Å². The van der Waals surface area contributed by atoms with Crippen molar-refractivity contribution in [3.05, 3.63) is 31.0 Å². The van der Waals surface area contributed by atoms with Crippen LogP contribution in [0.4, 0.5) is 0 Å². The van der Waals surface area contributed by atoms with E-state index in [1.165, 1.54) is 12.6 Å². The van der Waals surface area contributed by atoms with Crippen LogP contribution in [0.15, 0.2) is 31.0 Å². The van der Waals surface area contributed by atoms with Crippen molar-refractivity contribution in [1.29, 1.82) is 10.0 Å². The molecule has 1 aliphatic heterocycles. The highest BCUT2D eigenvalue weighted by Crippen LogP contribution is 2.35. The summed E-state index contributed by atoms with van der Waals surface area (Å²) in [7, 11) is -2.77. The molecule has 1 fully saturated rings. The van der Waals surface area contributed by atoms with E-state index in [1.807, 2.05) is 12.3 Å². The Morgan fingerprint density at radius 2 is 2.28 bits per heavy atom. The predicted molar refractivity (Wildman–Crippen MR) is 91.7 cm³/mol. The molecule has 1 unspecified atom stereocenters. The van der Waals surface area contributed by atoms with Crippen molar-refractivity contribution in [3.63, 3.8) is 0 Å². The lowest BCUT2D eigenvalue weighted by atomic mass is 9.89. The molecule has 0 bridgehead atoms. The molecular weight excluding hydrogens is 340 g/mol. The Balaban J connectivity index is 1.71. The molecule has 128 valence electrons. The Bertz CT molecular complexity index is 1080. The summed E-state index contributed by atoms with van der Waals surface area (Å²) >= 11 is 0. The van der Waals surface area contributed by atoms with Gasteiger partial charge in [0, 0.05) is 42.7 Å². The first-order valence-corrected chi connectivity index (χ1v) is 9.55. The molecule has 0 amide bonds. The molecule has 4 heterocycles. The average molecular weight is 356 g/mol. The van der Waals surface area contributed by atoms with E-state index in [9.17, 15) is 9.47 Å². The number of nitrogens with one attached hydrogen (secondary N) is 2. The fraction of sp³-hybridized carbons (Fsp3) is 0.333. The largest absolute Gasteiger partial charge is 0.346 e. The molecule has 1 saturated heterocycles. The van der Waals surface area contributed by atoms with Gasteiger partial charge in [0.2, 0.25) is 0 Å². The van der Waals surface area contributed by atoms with Gasteiger partial charge < -0.3 is 4.98 Å². The molecule has 4 rings (SSSR count). The van der Waals surface area contributed by atoms with E-state index in [1.54, 1.807) is 21.4 Å². The van der Waals surface area contributed by atoms with Crippen molar-refractivity contribution in [3.8, 4) is 17.3 Å². The standard InChI is InChI=1S/C15H16N8OS/c1-25(17,24)22-8-15(9-22,3-4-16)23-7-11(6-21-23)13-12-2-5-18-14(12)20-10-19-13/h2,5-7,10,17H,3,8-9H2,1H3,(H,18,19,20). The minimum absolute atomic E-state index is 0.240. The van der Waals surface area contributed by atoms with Crippen molar-refractivity contribution < 1.29 is 4.21 Å². The first-order valence-electron chi connectivity index (χ1n) is 7.62. The van der Waals surface area contributed by atoms with Crippen LogP contribution in [0.1, 0.15) is 6.42 Å². The SMILES string of the molecule is CS(=N)(=O)N1CC(CC#N)(n2cc(-c3ncnc4[nH]ccc34)cn2)C1. The van der Waals surface area contributed by atoms with Crippen LogP contribution in [0.25, 0.3) is 22.3 Å². The van der Waals surface area contributed by atoms with Crippen molar-refractivity contribution in [2.45, 2.75) is 12.0 Å². The number of nitriles is 1. The fourth-order valence-electron chi connectivity index (χ4n) is 3.15. The van der Waals surface area contributed by atoms with Crippen LogP contribution in [0, 0.1) is 16.1 Å². The smallest absolute Gasteiger partial charge is 0.141 e. The number of H-pyrrole nitrogens is 1. The summed E-state index contributed by atoms with van der Waals surface area (Å²) in [5, 5.41) is 14.5. The zero-order valence-corrected chi connectivity index (χ0v) is 14.3. The molecule has 25 heavy (non-hydrogen) atoms. The van der Waals surface area contributed by atoms with Gasteiger partial charge >= 0.3 is 0 Å². The fourth-order valence-corrected chi connectivity index (χ4v) is 4.12. The van der Waals surface area contributed by atoms with Crippen LogP contribution in [-0.2, 0) is 15.5 Å². The Morgan fingerprint density at radius 3 is 3.00 bits per heavy atom. The van der Waals surface area contributed by atoms with Crippen molar-refractivity contribution >= 4 is 20.9 Å². The molecule has 2 N–H and O–H groups in total. The van der Waals surface area contributed by atoms with Gasteiger partial charge in [0.25, 0.3) is 0 Å². The zero-order chi connectivity index (χ0) is 17.7. The summed E-state index contributed by atoms with van der Waals surface area (Å²) in [4.78, 5) is 11.6. The molecular formula is C15H16N8OS. The maximum Gasteiger partial charge on any atom is 0.141 e. The minimum atomic E-state index is -2.77. The monoisotopic (exact) mass is 356 g/mol. The van der Waals surface area contributed by atoms with E-state index in [-0.39, 0.29) is 6.42 Å². The third-order valence-electron chi connectivity index (χ3n) is 4.54. The van der Waals surface area contributed by atoms with Gasteiger partial charge in [-0.1, -0.05) is 0 Å². The van der Waals surface area contributed by atoms with Gasteiger partial charge in [-0.2, -0.15) is 10.4 Å². The summed E-state index contributed by atoms with van der Waals surface area (Å²) in [5.74, 6) is 0. The van der Waals surface area contributed by atoms with Gasteiger partial charge in [-0.3, -0.25) is 4.68 Å². The number of rotatable bonds is 4. The molecule has 0 spiro atoms. The van der Waals surface area contributed by atoms with E-state index in [2.05, 4.69) is 26.1 Å². The van der Waals surface area contributed by atoms with Gasteiger partial charge in [-0.15, -0.1) is 0 Å². The molecule has 0 aliphatic carbocycles. The van der Waals surface area contributed by atoms with Crippen molar-refractivity contribution in [2.75, 3.05) is 19.3 Å². The number of nitrogens with zero attached hydrogens (tertiary/aromatic N) is 6. The Hall–Kier alpha value is -2.77. The quantitative estimate of drug-likeness (QED) is 0.729. The summed E-state index contributed by atoms with van der Waals surface area (Å²) in [6.45, 7) is 0.730. The van der Waals surface area contributed by atoms with Crippen molar-refractivity contribution in [2.24, 2.45) is 0 Å². The lowest BCUT2D eigenvalue weighted by molar-refractivity contribution is 0.0751. The molecule has 0 aromatic carbocycles. The molecule has 3 aromatic rings. The summed E-state index contributed by atoms with van der Waals surface area (Å²) in [6, 6.07) is 4.09. The van der Waals surface area contributed by atoms with Crippen LogP contribution >= 0.6 is 0 Å². The predicted octanol–water partition coefficient (Wildman–Crippen LogP) is 1.34. The number of aromatic amines is 1. The second kappa shape index (κ2) is 5.37.